The van der Waals surface area contributed by atoms with Crippen LogP contribution < -0.4 is 0 Å². The Morgan fingerprint density at radius 2 is 2.39 bits per heavy atom. The highest BCUT2D eigenvalue weighted by Gasteiger charge is 2.25. The summed E-state index contributed by atoms with van der Waals surface area (Å²) >= 11 is 1.37. The molecule has 2 rings (SSSR count). The van der Waals surface area contributed by atoms with Crippen LogP contribution in [0.2, 0.25) is 0 Å². The number of hydrogen-bond acceptors (Lipinski definition) is 4. The molecular weight excluding hydrogens is 250 g/mol. The predicted octanol–water partition coefficient (Wildman–Crippen LogP) is 2.45. The van der Waals surface area contributed by atoms with Gasteiger partial charge in [-0.3, -0.25) is 4.90 Å². The fourth-order valence-corrected chi connectivity index (χ4v) is 3.13. The predicted molar refractivity (Wildman–Crippen MR) is 71.2 cm³/mol. The number of aromatic carboxylic acids is 1. The molecular formula is C13H19NO3S. The summed E-state index contributed by atoms with van der Waals surface area (Å²) in [5, 5.41) is 8.92. The first-order valence-electron chi connectivity index (χ1n) is 6.27. The Balaban J connectivity index is 2.03. The minimum atomic E-state index is -0.839. The SMILES string of the molecule is CCC1COC(C)CN1Cc1ccc(C(=O)O)s1. The molecule has 0 aromatic carbocycles. The van der Waals surface area contributed by atoms with Gasteiger partial charge in [0.25, 0.3) is 0 Å². The number of carbonyl (C=O) groups is 1. The maximum atomic E-state index is 10.9. The smallest absolute Gasteiger partial charge is 0.345 e. The van der Waals surface area contributed by atoms with Gasteiger partial charge in [0.15, 0.2) is 0 Å². The summed E-state index contributed by atoms with van der Waals surface area (Å²) in [7, 11) is 0. The minimum absolute atomic E-state index is 0.256. The Bertz CT molecular complexity index is 418. The van der Waals surface area contributed by atoms with Crippen LogP contribution in [0.4, 0.5) is 0 Å². The lowest BCUT2D eigenvalue weighted by molar-refractivity contribution is -0.0588. The zero-order chi connectivity index (χ0) is 13.1. The second-order valence-electron chi connectivity index (χ2n) is 4.71. The second-order valence-corrected chi connectivity index (χ2v) is 5.87. The van der Waals surface area contributed by atoms with Crippen molar-refractivity contribution in [1.82, 2.24) is 4.90 Å². The minimum Gasteiger partial charge on any atom is -0.477 e. The number of nitrogens with zero attached hydrogens (tertiary/aromatic N) is 1. The molecule has 2 heterocycles. The normalized spacial score (nSPS) is 25.2. The van der Waals surface area contributed by atoms with E-state index in [1.54, 1.807) is 6.07 Å². The molecule has 0 spiro atoms. The molecule has 4 nitrogen and oxygen atoms in total. The van der Waals surface area contributed by atoms with E-state index in [2.05, 4.69) is 18.7 Å². The number of carboxylic acids is 1. The molecule has 2 atom stereocenters. The molecule has 100 valence electrons. The molecule has 1 aliphatic rings. The van der Waals surface area contributed by atoms with Gasteiger partial charge in [0.2, 0.25) is 0 Å². The number of ether oxygens (including phenoxy) is 1. The average Bonchev–Trinajstić information content (AvgIpc) is 2.78. The summed E-state index contributed by atoms with van der Waals surface area (Å²) in [6.45, 7) is 6.75. The molecule has 2 unspecified atom stereocenters. The molecule has 1 aliphatic heterocycles. The van der Waals surface area contributed by atoms with Crippen LogP contribution in [0.1, 0.15) is 34.8 Å². The van der Waals surface area contributed by atoms with E-state index in [-0.39, 0.29) is 6.10 Å². The summed E-state index contributed by atoms with van der Waals surface area (Å²) in [4.78, 5) is 14.8. The maximum Gasteiger partial charge on any atom is 0.345 e. The first kappa shape index (κ1) is 13.5. The van der Waals surface area contributed by atoms with Crippen molar-refractivity contribution in [2.45, 2.75) is 39.0 Å². The zero-order valence-electron chi connectivity index (χ0n) is 10.8. The number of hydrogen-bond donors (Lipinski definition) is 1. The summed E-state index contributed by atoms with van der Waals surface area (Å²) < 4.78 is 5.66. The van der Waals surface area contributed by atoms with Crippen LogP contribution in [0.15, 0.2) is 12.1 Å². The van der Waals surface area contributed by atoms with Crippen molar-refractivity contribution in [3.63, 3.8) is 0 Å². The lowest BCUT2D eigenvalue weighted by atomic mass is 10.1. The van der Waals surface area contributed by atoms with Crippen molar-refractivity contribution < 1.29 is 14.6 Å². The van der Waals surface area contributed by atoms with Crippen molar-refractivity contribution in [2.75, 3.05) is 13.2 Å². The highest BCUT2D eigenvalue weighted by molar-refractivity contribution is 7.13. The lowest BCUT2D eigenvalue weighted by Gasteiger charge is -2.38. The third-order valence-electron chi connectivity index (χ3n) is 3.28. The molecule has 0 radical (unpaired) electrons. The van der Waals surface area contributed by atoms with Gasteiger partial charge in [-0.25, -0.2) is 4.79 Å². The Morgan fingerprint density at radius 3 is 3.00 bits per heavy atom. The Labute approximate surface area is 111 Å². The van der Waals surface area contributed by atoms with Gasteiger partial charge in [0.1, 0.15) is 4.88 Å². The zero-order valence-corrected chi connectivity index (χ0v) is 11.6. The van der Waals surface area contributed by atoms with E-state index in [0.717, 1.165) is 31.0 Å². The molecule has 1 N–H and O–H groups in total. The number of carboxylic acid groups (broad SMARTS) is 1. The van der Waals surface area contributed by atoms with Gasteiger partial charge >= 0.3 is 5.97 Å². The van der Waals surface area contributed by atoms with Gasteiger partial charge < -0.3 is 9.84 Å². The largest absolute Gasteiger partial charge is 0.477 e. The number of thiophene rings is 1. The molecule has 0 bridgehead atoms. The highest BCUT2D eigenvalue weighted by Crippen LogP contribution is 2.22. The monoisotopic (exact) mass is 269 g/mol. The Morgan fingerprint density at radius 1 is 1.61 bits per heavy atom. The van der Waals surface area contributed by atoms with Crippen molar-refractivity contribution in [1.29, 1.82) is 0 Å². The van der Waals surface area contributed by atoms with Crippen LogP contribution in [0, 0.1) is 0 Å². The molecule has 5 heteroatoms. The molecule has 0 saturated carbocycles. The number of morpholine rings is 1. The van der Waals surface area contributed by atoms with Crippen LogP contribution in [-0.2, 0) is 11.3 Å². The van der Waals surface area contributed by atoms with E-state index >= 15 is 0 Å². The quantitative estimate of drug-likeness (QED) is 0.912. The summed E-state index contributed by atoms with van der Waals surface area (Å²) in [5.74, 6) is -0.839. The van der Waals surface area contributed by atoms with Crippen LogP contribution in [-0.4, -0.2) is 41.3 Å². The molecule has 0 amide bonds. The first-order valence-corrected chi connectivity index (χ1v) is 7.09. The van der Waals surface area contributed by atoms with Gasteiger partial charge in [0, 0.05) is 24.0 Å². The lowest BCUT2D eigenvalue weighted by Crippen LogP contribution is -2.47. The molecule has 1 saturated heterocycles. The Hall–Kier alpha value is -0.910. The fourth-order valence-electron chi connectivity index (χ4n) is 2.26. The van der Waals surface area contributed by atoms with Crippen molar-refractivity contribution >= 4 is 17.3 Å². The van der Waals surface area contributed by atoms with E-state index in [4.69, 9.17) is 9.84 Å². The fraction of sp³-hybridized carbons (Fsp3) is 0.615. The third kappa shape index (κ3) is 3.10. The van der Waals surface area contributed by atoms with Gasteiger partial charge in [-0.1, -0.05) is 6.92 Å². The molecule has 0 aliphatic carbocycles. The summed E-state index contributed by atoms with van der Waals surface area (Å²) in [6.07, 6.45) is 1.32. The van der Waals surface area contributed by atoms with E-state index in [0.29, 0.717) is 10.9 Å². The maximum absolute atomic E-state index is 10.9. The Kier molecular flexibility index (Phi) is 4.37. The van der Waals surface area contributed by atoms with Crippen LogP contribution in [0.5, 0.6) is 0 Å². The van der Waals surface area contributed by atoms with Gasteiger partial charge in [-0.05, 0) is 25.5 Å². The summed E-state index contributed by atoms with van der Waals surface area (Å²) in [6, 6.07) is 4.05. The summed E-state index contributed by atoms with van der Waals surface area (Å²) in [5.41, 5.74) is 0. The van der Waals surface area contributed by atoms with Crippen molar-refractivity contribution in [2.24, 2.45) is 0 Å². The van der Waals surface area contributed by atoms with Gasteiger partial charge in [-0.2, -0.15) is 0 Å². The van der Waals surface area contributed by atoms with E-state index in [9.17, 15) is 4.79 Å². The molecule has 18 heavy (non-hydrogen) atoms. The van der Waals surface area contributed by atoms with Gasteiger partial charge in [0.05, 0.1) is 12.7 Å². The molecule has 1 fully saturated rings. The van der Waals surface area contributed by atoms with Crippen molar-refractivity contribution in [3.05, 3.63) is 21.9 Å². The third-order valence-corrected chi connectivity index (χ3v) is 4.34. The standard InChI is InChI=1S/C13H19NO3S/c1-3-10-8-17-9(2)6-14(10)7-11-4-5-12(18-11)13(15)16/h4-5,9-10H,3,6-8H2,1-2H3,(H,15,16). The average molecular weight is 269 g/mol. The first-order chi connectivity index (χ1) is 8.60. The molecule has 1 aromatic heterocycles. The van der Waals surface area contributed by atoms with Crippen LogP contribution >= 0.6 is 11.3 Å². The topological polar surface area (TPSA) is 49.8 Å². The molecule has 1 aromatic rings. The van der Waals surface area contributed by atoms with Crippen LogP contribution in [0.3, 0.4) is 0 Å². The van der Waals surface area contributed by atoms with E-state index in [1.165, 1.54) is 11.3 Å². The van der Waals surface area contributed by atoms with E-state index in [1.807, 2.05) is 6.07 Å². The highest BCUT2D eigenvalue weighted by atomic mass is 32.1. The van der Waals surface area contributed by atoms with E-state index < -0.39 is 5.97 Å². The van der Waals surface area contributed by atoms with Gasteiger partial charge in [-0.15, -0.1) is 11.3 Å². The van der Waals surface area contributed by atoms with Crippen molar-refractivity contribution in [3.8, 4) is 0 Å². The second kappa shape index (κ2) is 5.82. The number of rotatable bonds is 4. The van der Waals surface area contributed by atoms with Crippen LogP contribution in [0.25, 0.3) is 0 Å².